The summed E-state index contributed by atoms with van der Waals surface area (Å²) in [6.45, 7) is 0.989. The number of fused-ring (bicyclic) bond motifs is 4. The summed E-state index contributed by atoms with van der Waals surface area (Å²) >= 11 is 0. The number of benzene rings is 2. The Bertz CT molecular complexity index is 1260. The summed E-state index contributed by atoms with van der Waals surface area (Å²) < 4.78 is 27.6. The van der Waals surface area contributed by atoms with E-state index in [4.69, 9.17) is 0 Å². The number of hydrogen-bond donors (Lipinski definition) is 1. The highest BCUT2D eigenvalue weighted by Crippen LogP contribution is 2.31. The molecule has 1 aromatic heterocycles. The van der Waals surface area contributed by atoms with Crippen LogP contribution in [0.25, 0.3) is 10.9 Å². The molecule has 162 valence electrons. The summed E-state index contributed by atoms with van der Waals surface area (Å²) in [6.07, 6.45) is 5.08. The molecule has 2 aliphatic rings. The van der Waals surface area contributed by atoms with Crippen molar-refractivity contribution in [2.24, 2.45) is 0 Å². The molecule has 1 amide bonds. The lowest BCUT2D eigenvalue weighted by atomic mass is 9.96. The first-order valence-corrected chi connectivity index (χ1v) is 12.3. The summed E-state index contributed by atoms with van der Waals surface area (Å²) in [5.74, 6) is -0.166. The van der Waals surface area contributed by atoms with Crippen LogP contribution in [-0.4, -0.2) is 48.7 Å². The van der Waals surface area contributed by atoms with Gasteiger partial charge in [-0.05, 0) is 67.0 Å². The molecule has 0 saturated carbocycles. The van der Waals surface area contributed by atoms with Gasteiger partial charge in [-0.2, -0.15) is 4.31 Å². The number of aromatic nitrogens is 1. The third-order valence-electron chi connectivity index (χ3n) is 6.62. The smallest absolute Gasteiger partial charge is 0.243 e. The van der Waals surface area contributed by atoms with E-state index in [0.29, 0.717) is 13.1 Å². The number of nitrogens with one attached hydrogen (secondary N) is 1. The lowest BCUT2D eigenvalue weighted by Crippen LogP contribution is -2.43. The van der Waals surface area contributed by atoms with Crippen molar-refractivity contribution in [3.05, 3.63) is 64.8 Å². The molecule has 1 aliphatic heterocycles. The zero-order valence-corrected chi connectivity index (χ0v) is 18.5. The monoisotopic (exact) mass is 437 g/mol. The van der Waals surface area contributed by atoms with E-state index in [1.165, 1.54) is 28.2 Å². The zero-order valence-electron chi connectivity index (χ0n) is 17.7. The molecule has 1 aliphatic carbocycles. The van der Waals surface area contributed by atoms with E-state index in [2.05, 4.69) is 11.1 Å². The van der Waals surface area contributed by atoms with Crippen molar-refractivity contribution in [2.45, 2.75) is 43.5 Å². The highest BCUT2D eigenvalue weighted by molar-refractivity contribution is 7.89. The molecule has 5 rings (SSSR count). The lowest BCUT2D eigenvalue weighted by Gasteiger charge is -2.30. The van der Waals surface area contributed by atoms with Crippen molar-refractivity contribution in [2.75, 3.05) is 20.1 Å². The first kappa shape index (κ1) is 20.3. The molecule has 6 nitrogen and oxygen atoms in total. The maximum atomic E-state index is 13.2. The number of rotatable bonds is 4. The van der Waals surface area contributed by atoms with Gasteiger partial charge in [-0.1, -0.05) is 24.3 Å². The van der Waals surface area contributed by atoms with Crippen molar-refractivity contribution < 1.29 is 13.2 Å². The van der Waals surface area contributed by atoms with Crippen LogP contribution in [0.15, 0.2) is 47.4 Å². The molecule has 0 fully saturated rings. The minimum absolute atomic E-state index is 0.159. The molecule has 0 unspecified atom stereocenters. The van der Waals surface area contributed by atoms with Crippen LogP contribution in [0.2, 0.25) is 0 Å². The van der Waals surface area contributed by atoms with Gasteiger partial charge in [-0.3, -0.25) is 4.79 Å². The van der Waals surface area contributed by atoms with E-state index in [-0.39, 0.29) is 17.3 Å². The molecule has 31 heavy (non-hydrogen) atoms. The Morgan fingerprint density at radius 1 is 1.06 bits per heavy atom. The average molecular weight is 438 g/mol. The van der Waals surface area contributed by atoms with E-state index < -0.39 is 10.0 Å². The van der Waals surface area contributed by atoms with Crippen molar-refractivity contribution in [3.8, 4) is 0 Å². The second-order valence-electron chi connectivity index (χ2n) is 8.59. The normalized spacial score (nSPS) is 16.4. The molecule has 1 N–H and O–H groups in total. The van der Waals surface area contributed by atoms with Gasteiger partial charge in [0.25, 0.3) is 0 Å². The Kier molecular flexibility index (Phi) is 5.10. The highest BCUT2D eigenvalue weighted by Gasteiger charge is 2.28. The molecule has 2 heterocycles. The van der Waals surface area contributed by atoms with Crippen LogP contribution >= 0.6 is 0 Å². The SMILES string of the molecule is CN(CC(=O)N1CCc2ccccc2C1)S(=O)(=O)c1ccc2[nH]c3c(c2c1)CCCC3. The molecule has 7 heteroatoms. The molecule has 3 aromatic rings. The summed E-state index contributed by atoms with van der Waals surface area (Å²) in [4.78, 5) is 18.3. The number of aromatic amines is 1. The molecule has 0 atom stereocenters. The standard InChI is InChI=1S/C24H27N3O3S/c1-26(16-24(28)27-13-12-17-6-2-3-7-18(17)15-27)31(29,30)19-10-11-23-21(14-19)20-8-4-5-9-22(20)25-23/h2-3,6-7,10-11,14,25H,4-5,8-9,12-13,15-16H2,1H3. The Morgan fingerprint density at radius 2 is 1.84 bits per heavy atom. The molecular weight excluding hydrogens is 410 g/mol. The van der Waals surface area contributed by atoms with Gasteiger partial charge in [-0.25, -0.2) is 8.42 Å². The van der Waals surface area contributed by atoms with Crippen LogP contribution in [0.4, 0.5) is 0 Å². The zero-order chi connectivity index (χ0) is 21.6. The third-order valence-corrected chi connectivity index (χ3v) is 8.42. The van der Waals surface area contributed by atoms with Gasteiger partial charge in [0.05, 0.1) is 11.4 Å². The first-order valence-electron chi connectivity index (χ1n) is 10.9. The van der Waals surface area contributed by atoms with Crippen LogP contribution < -0.4 is 0 Å². The van der Waals surface area contributed by atoms with Gasteiger partial charge in [0.1, 0.15) is 0 Å². The average Bonchev–Trinajstić information content (AvgIpc) is 3.16. The largest absolute Gasteiger partial charge is 0.358 e. The molecule has 0 bridgehead atoms. The minimum atomic E-state index is -3.76. The fraction of sp³-hybridized carbons (Fsp3) is 0.375. The van der Waals surface area contributed by atoms with Crippen molar-refractivity contribution >= 4 is 26.8 Å². The number of aryl methyl sites for hydroxylation is 2. The number of carbonyl (C=O) groups excluding carboxylic acids is 1. The Hall–Kier alpha value is -2.64. The lowest BCUT2D eigenvalue weighted by molar-refractivity contribution is -0.132. The maximum absolute atomic E-state index is 13.2. The van der Waals surface area contributed by atoms with E-state index in [1.54, 1.807) is 17.0 Å². The van der Waals surface area contributed by atoms with E-state index >= 15 is 0 Å². The van der Waals surface area contributed by atoms with Crippen molar-refractivity contribution in [1.29, 1.82) is 0 Å². The Balaban J connectivity index is 1.35. The topological polar surface area (TPSA) is 73.5 Å². The summed E-state index contributed by atoms with van der Waals surface area (Å²) in [5, 5.41) is 0.989. The Labute approximate surface area is 182 Å². The molecule has 2 aromatic carbocycles. The summed E-state index contributed by atoms with van der Waals surface area (Å²) in [7, 11) is -2.27. The fourth-order valence-corrected chi connectivity index (χ4v) is 5.96. The highest BCUT2D eigenvalue weighted by atomic mass is 32.2. The number of hydrogen-bond acceptors (Lipinski definition) is 3. The van der Waals surface area contributed by atoms with Crippen LogP contribution in [-0.2, 0) is 40.6 Å². The van der Waals surface area contributed by atoms with Gasteiger partial charge in [-0.15, -0.1) is 0 Å². The molecular formula is C24H27N3O3S. The van der Waals surface area contributed by atoms with Gasteiger partial charge in [0.2, 0.25) is 15.9 Å². The number of amides is 1. The number of likely N-dealkylation sites (N-methyl/N-ethyl adjacent to an activating group) is 1. The van der Waals surface area contributed by atoms with Crippen LogP contribution in [0, 0.1) is 0 Å². The number of sulfonamides is 1. The van der Waals surface area contributed by atoms with Gasteiger partial charge in [0, 0.05) is 36.7 Å². The quantitative estimate of drug-likeness (QED) is 0.681. The van der Waals surface area contributed by atoms with E-state index in [9.17, 15) is 13.2 Å². The molecule has 0 spiro atoms. The Morgan fingerprint density at radius 3 is 2.68 bits per heavy atom. The third kappa shape index (κ3) is 3.66. The van der Waals surface area contributed by atoms with Crippen LogP contribution in [0.3, 0.4) is 0 Å². The second-order valence-corrected chi connectivity index (χ2v) is 10.6. The number of H-pyrrole nitrogens is 1. The maximum Gasteiger partial charge on any atom is 0.243 e. The van der Waals surface area contributed by atoms with Crippen molar-refractivity contribution in [1.82, 2.24) is 14.2 Å². The fourth-order valence-electron chi connectivity index (χ4n) is 4.81. The molecule has 0 saturated heterocycles. The predicted octanol–water partition coefficient (Wildman–Crippen LogP) is 3.25. The second kappa shape index (κ2) is 7.80. The summed E-state index contributed by atoms with van der Waals surface area (Å²) in [5.41, 5.74) is 5.84. The van der Waals surface area contributed by atoms with Gasteiger partial charge < -0.3 is 9.88 Å². The van der Waals surface area contributed by atoms with E-state index in [1.807, 2.05) is 24.3 Å². The number of carbonyl (C=O) groups is 1. The van der Waals surface area contributed by atoms with Crippen LogP contribution in [0.5, 0.6) is 0 Å². The van der Waals surface area contributed by atoms with E-state index in [0.717, 1.165) is 48.6 Å². The van der Waals surface area contributed by atoms with Crippen LogP contribution in [0.1, 0.15) is 35.2 Å². The summed E-state index contributed by atoms with van der Waals surface area (Å²) in [6, 6.07) is 13.3. The predicted molar refractivity (Wildman–Crippen MR) is 120 cm³/mol. The van der Waals surface area contributed by atoms with Crippen molar-refractivity contribution in [3.63, 3.8) is 0 Å². The minimum Gasteiger partial charge on any atom is -0.358 e. The molecule has 0 radical (unpaired) electrons. The van der Waals surface area contributed by atoms with Gasteiger partial charge in [0.15, 0.2) is 0 Å². The van der Waals surface area contributed by atoms with Gasteiger partial charge >= 0.3 is 0 Å². The first-order chi connectivity index (χ1) is 14.9. The number of nitrogens with zero attached hydrogens (tertiary/aromatic N) is 2.